The highest BCUT2D eigenvalue weighted by Gasteiger charge is 2.29. The maximum absolute atomic E-state index is 13.3. The highest BCUT2D eigenvalue weighted by atomic mass is 35.5. The summed E-state index contributed by atoms with van der Waals surface area (Å²) in [6, 6.07) is 20.6. The van der Waals surface area contributed by atoms with E-state index in [4.69, 9.17) is 16.3 Å². The van der Waals surface area contributed by atoms with E-state index >= 15 is 0 Å². The van der Waals surface area contributed by atoms with E-state index in [-0.39, 0.29) is 5.91 Å². The van der Waals surface area contributed by atoms with Crippen LogP contribution in [0.4, 0.5) is 11.4 Å². The number of fused-ring (bicyclic) bond motifs is 2. The number of anilines is 2. The molecule has 0 saturated carbocycles. The second kappa shape index (κ2) is 6.47. The Balaban J connectivity index is 1.85. The lowest BCUT2D eigenvalue weighted by Crippen LogP contribution is -2.28. The van der Waals surface area contributed by atoms with E-state index in [1.54, 1.807) is 48.0 Å². The molecule has 1 amide bonds. The normalized spacial score (nSPS) is 12.3. The summed E-state index contributed by atoms with van der Waals surface area (Å²) in [6.07, 6.45) is 0. The highest BCUT2D eigenvalue weighted by Crippen LogP contribution is 2.49. The number of ether oxygens (including phenoxy) is 1. The Kier molecular flexibility index (Phi) is 4.15. The first kappa shape index (κ1) is 16.1. The SMILES string of the molecule is COc1ccc(C(=O)N2c3ccccc3Sc3ccc(Cl)cc32)cc1. The fourth-order valence-electron chi connectivity index (χ4n) is 2.81. The van der Waals surface area contributed by atoms with Crippen LogP contribution in [0.15, 0.2) is 76.5 Å². The van der Waals surface area contributed by atoms with E-state index in [1.807, 2.05) is 42.5 Å². The van der Waals surface area contributed by atoms with Gasteiger partial charge in [-0.15, -0.1) is 0 Å². The van der Waals surface area contributed by atoms with Crippen molar-refractivity contribution in [3.05, 3.63) is 77.3 Å². The topological polar surface area (TPSA) is 29.5 Å². The molecule has 0 atom stereocenters. The molecular formula is C20H14ClNO2S. The number of benzene rings is 3. The summed E-state index contributed by atoms with van der Waals surface area (Å²) in [7, 11) is 1.60. The van der Waals surface area contributed by atoms with E-state index in [1.165, 1.54) is 0 Å². The smallest absolute Gasteiger partial charge is 0.262 e. The van der Waals surface area contributed by atoms with Crippen molar-refractivity contribution in [3.8, 4) is 5.75 Å². The number of carbonyl (C=O) groups excluding carboxylic acids is 1. The van der Waals surface area contributed by atoms with Crippen LogP contribution in [0.2, 0.25) is 5.02 Å². The molecule has 4 rings (SSSR count). The van der Waals surface area contributed by atoms with Gasteiger partial charge in [-0.3, -0.25) is 9.69 Å². The average molecular weight is 368 g/mol. The Morgan fingerprint density at radius 1 is 0.960 bits per heavy atom. The lowest BCUT2D eigenvalue weighted by atomic mass is 10.1. The summed E-state index contributed by atoms with van der Waals surface area (Å²) < 4.78 is 5.18. The summed E-state index contributed by atoms with van der Waals surface area (Å²) in [6.45, 7) is 0. The van der Waals surface area contributed by atoms with E-state index < -0.39 is 0 Å². The average Bonchev–Trinajstić information content (AvgIpc) is 2.66. The lowest BCUT2D eigenvalue weighted by molar-refractivity contribution is 0.0998. The molecule has 0 saturated heterocycles. The van der Waals surface area contributed by atoms with Crippen LogP contribution in [0.25, 0.3) is 0 Å². The number of halogens is 1. The van der Waals surface area contributed by atoms with Gasteiger partial charge in [0.25, 0.3) is 5.91 Å². The molecule has 1 aliphatic heterocycles. The van der Waals surface area contributed by atoms with Crippen LogP contribution < -0.4 is 9.64 Å². The third kappa shape index (κ3) is 2.88. The van der Waals surface area contributed by atoms with Crippen LogP contribution in [-0.4, -0.2) is 13.0 Å². The zero-order valence-corrected chi connectivity index (χ0v) is 15.0. The maximum atomic E-state index is 13.3. The van der Waals surface area contributed by atoms with Gasteiger partial charge in [0, 0.05) is 20.4 Å². The van der Waals surface area contributed by atoms with Crippen molar-refractivity contribution in [3.63, 3.8) is 0 Å². The first-order valence-electron chi connectivity index (χ1n) is 7.72. The van der Waals surface area contributed by atoms with Gasteiger partial charge >= 0.3 is 0 Å². The third-order valence-electron chi connectivity index (χ3n) is 4.03. The Hall–Kier alpha value is -2.43. The molecule has 1 heterocycles. The summed E-state index contributed by atoms with van der Waals surface area (Å²) in [4.78, 5) is 17.0. The summed E-state index contributed by atoms with van der Waals surface area (Å²) in [5, 5.41) is 0.603. The van der Waals surface area contributed by atoms with Gasteiger partial charge in [0.05, 0.1) is 18.5 Å². The summed E-state index contributed by atoms with van der Waals surface area (Å²) >= 11 is 7.84. The van der Waals surface area contributed by atoms with Gasteiger partial charge in [-0.2, -0.15) is 0 Å². The van der Waals surface area contributed by atoms with E-state index in [0.29, 0.717) is 10.6 Å². The first-order chi connectivity index (χ1) is 12.2. The van der Waals surface area contributed by atoms with Crippen LogP contribution in [-0.2, 0) is 0 Å². The minimum absolute atomic E-state index is 0.0982. The molecule has 0 aromatic heterocycles. The molecule has 0 unspecified atom stereocenters. The Morgan fingerprint density at radius 2 is 1.68 bits per heavy atom. The molecule has 0 aliphatic carbocycles. The van der Waals surface area contributed by atoms with E-state index in [2.05, 4.69) is 0 Å². The summed E-state index contributed by atoms with van der Waals surface area (Å²) in [5.74, 6) is 0.619. The van der Waals surface area contributed by atoms with E-state index in [9.17, 15) is 4.79 Å². The van der Waals surface area contributed by atoms with Crippen LogP contribution >= 0.6 is 23.4 Å². The zero-order valence-electron chi connectivity index (χ0n) is 13.4. The van der Waals surface area contributed by atoms with Crippen molar-refractivity contribution in [2.45, 2.75) is 9.79 Å². The molecule has 0 fully saturated rings. The van der Waals surface area contributed by atoms with Crippen molar-refractivity contribution < 1.29 is 9.53 Å². The number of rotatable bonds is 2. The molecule has 0 radical (unpaired) electrons. The molecule has 3 nitrogen and oxygen atoms in total. The number of para-hydroxylation sites is 1. The standard InChI is InChI=1S/C20H14ClNO2S/c1-24-15-9-6-13(7-10-15)20(23)22-16-4-2-3-5-18(16)25-19-11-8-14(21)12-17(19)22/h2-12H,1H3. The van der Waals surface area contributed by atoms with Crippen molar-refractivity contribution in [1.29, 1.82) is 0 Å². The maximum Gasteiger partial charge on any atom is 0.262 e. The van der Waals surface area contributed by atoms with Crippen LogP contribution in [0.3, 0.4) is 0 Å². The van der Waals surface area contributed by atoms with Crippen LogP contribution in [0.1, 0.15) is 10.4 Å². The Bertz CT molecular complexity index is 956. The molecule has 0 N–H and O–H groups in total. The third-order valence-corrected chi connectivity index (χ3v) is 5.39. The van der Waals surface area contributed by atoms with Gasteiger partial charge in [0.2, 0.25) is 0 Å². The van der Waals surface area contributed by atoms with E-state index in [0.717, 1.165) is 26.9 Å². The monoisotopic (exact) mass is 367 g/mol. The van der Waals surface area contributed by atoms with Crippen molar-refractivity contribution in [2.75, 3.05) is 12.0 Å². The second-order valence-electron chi connectivity index (χ2n) is 5.55. The van der Waals surface area contributed by atoms with Gasteiger partial charge in [-0.25, -0.2) is 0 Å². The number of carbonyl (C=O) groups is 1. The largest absolute Gasteiger partial charge is 0.497 e. The molecule has 3 aromatic rings. The van der Waals surface area contributed by atoms with Gasteiger partial charge in [-0.05, 0) is 54.6 Å². The van der Waals surface area contributed by atoms with Crippen molar-refractivity contribution in [2.24, 2.45) is 0 Å². The van der Waals surface area contributed by atoms with Gasteiger partial charge in [0.15, 0.2) is 0 Å². The zero-order chi connectivity index (χ0) is 17.4. The lowest BCUT2D eigenvalue weighted by Gasteiger charge is -2.31. The number of methoxy groups -OCH3 is 1. The molecular weight excluding hydrogens is 354 g/mol. The number of amides is 1. The van der Waals surface area contributed by atoms with Crippen molar-refractivity contribution >= 4 is 40.6 Å². The number of hydrogen-bond donors (Lipinski definition) is 0. The Labute approximate surface area is 155 Å². The summed E-state index contributed by atoms with van der Waals surface area (Å²) in [5.41, 5.74) is 2.26. The second-order valence-corrected chi connectivity index (χ2v) is 7.07. The predicted octanol–water partition coefficient (Wildman–Crippen LogP) is 5.79. The quantitative estimate of drug-likeness (QED) is 0.574. The van der Waals surface area contributed by atoms with Crippen molar-refractivity contribution in [1.82, 2.24) is 0 Å². The minimum Gasteiger partial charge on any atom is -0.497 e. The first-order valence-corrected chi connectivity index (χ1v) is 8.92. The molecule has 25 heavy (non-hydrogen) atoms. The molecule has 124 valence electrons. The molecule has 3 aromatic carbocycles. The van der Waals surface area contributed by atoms with Crippen LogP contribution in [0.5, 0.6) is 5.75 Å². The fraction of sp³-hybridized carbons (Fsp3) is 0.0500. The van der Waals surface area contributed by atoms with Crippen LogP contribution in [0, 0.1) is 0 Å². The minimum atomic E-state index is -0.0982. The highest BCUT2D eigenvalue weighted by molar-refractivity contribution is 7.99. The van der Waals surface area contributed by atoms with Gasteiger partial charge in [-0.1, -0.05) is 35.5 Å². The number of nitrogens with zero attached hydrogens (tertiary/aromatic N) is 1. The molecule has 1 aliphatic rings. The Morgan fingerprint density at radius 3 is 2.44 bits per heavy atom. The molecule has 5 heteroatoms. The predicted molar refractivity (Wildman–Crippen MR) is 101 cm³/mol. The van der Waals surface area contributed by atoms with Gasteiger partial charge < -0.3 is 4.74 Å². The fourth-order valence-corrected chi connectivity index (χ4v) is 4.01. The number of hydrogen-bond acceptors (Lipinski definition) is 3. The molecule has 0 bridgehead atoms. The molecule has 0 spiro atoms. The van der Waals surface area contributed by atoms with Gasteiger partial charge in [0.1, 0.15) is 5.75 Å².